The second kappa shape index (κ2) is 20.9. The lowest BCUT2D eigenvalue weighted by Gasteiger charge is -2.33. The standard InChI is InChI=1S/C65H66N4/c1(3-21-41-68-61-31-15-11-27-55(61)56-28-12-16-32-62(56)68)19-39-65(40-20-2-4-22-42-69-63-33-17-13-29-57(63)58-30-14-18-34-64(58)69)59-43-51(47-66-45-49-23-7-5-8-24-49)35-37-53(59)54-38-36-52(44-60(54)65)48-67-46-50-25-9-6-10-26-50/h5-18,23-38,43-44,66-67H,1-4,19-22,39-42,45-48H2. The van der Waals surface area contributed by atoms with Gasteiger partial charge in [-0.1, -0.05) is 208 Å². The van der Waals surface area contributed by atoms with E-state index in [4.69, 9.17) is 0 Å². The van der Waals surface area contributed by atoms with Crippen LogP contribution in [0.25, 0.3) is 54.7 Å². The van der Waals surface area contributed by atoms with E-state index in [9.17, 15) is 0 Å². The number of aryl methyl sites for hydroxylation is 2. The smallest absolute Gasteiger partial charge is 0.0491 e. The average Bonchev–Trinajstić information content (AvgIpc) is 3.99. The molecule has 0 spiro atoms. The first-order chi connectivity index (χ1) is 34.2. The van der Waals surface area contributed by atoms with Gasteiger partial charge >= 0.3 is 0 Å². The minimum atomic E-state index is -0.0325. The second-order valence-corrected chi connectivity index (χ2v) is 19.7. The topological polar surface area (TPSA) is 33.9 Å². The van der Waals surface area contributed by atoms with Gasteiger partial charge in [-0.15, -0.1) is 0 Å². The van der Waals surface area contributed by atoms with Crippen LogP contribution in [0.3, 0.4) is 0 Å². The molecule has 1 aliphatic carbocycles. The molecule has 0 amide bonds. The summed E-state index contributed by atoms with van der Waals surface area (Å²) in [4.78, 5) is 0. The Morgan fingerprint density at radius 2 is 0.638 bits per heavy atom. The number of nitrogens with one attached hydrogen (secondary N) is 2. The van der Waals surface area contributed by atoms with Crippen LogP contribution in [-0.4, -0.2) is 9.13 Å². The zero-order valence-electron chi connectivity index (χ0n) is 40.2. The first-order valence-electron chi connectivity index (χ1n) is 25.9. The van der Waals surface area contributed by atoms with Crippen LogP contribution in [0.2, 0.25) is 0 Å². The zero-order chi connectivity index (χ0) is 46.2. The SMILES string of the molecule is c1ccc(CNCc2ccc3c(c2)C(CCCCCCn2c4ccccc4c4ccccc42)(CCCCCCn2c4ccccc4c4ccccc42)c2cc(CNCc4ccccc4)ccc2-3)cc1. The highest BCUT2D eigenvalue weighted by Crippen LogP contribution is 2.55. The van der Waals surface area contributed by atoms with Crippen LogP contribution in [0.1, 0.15) is 97.6 Å². The molecule has 4 heteroatoms. The summed E-state index contributed by atoms with van der Waals surface area (Å²) in [5, 5.41) is 13.0. The molecule has 0 fully saturated rings. The van der Waals surface area contributed by atoms with E-state index in [0.29, 0.717) is 0 Å². The van der Waals surface area contributed by atoms with Gasteiger partial charge in [0.1, 0.15) is 0 Å². The summed E-state index contributed by atoms with van der Waals surface area (Å²) < 4.78 is 5.13. The van der Waals surface area contributed by atoms with Crippen molar-refractivity contribution >= 4 is 43.6 Å². The van der Waals surface area contributed by atoms with Crippen LogP contribution < -0.4 is 10.6 Å². The molecule has 11 rings (SSSR count). The molecule has 0 atom stereocenters. The monoisotopic (exact) mass is 903 g/mol. The summed E-state index contributed by atoms with van der Waals surface area (Å²) in [7, 11) is 0. The summed E-state index contributed by atoms with van der Waals surface area (Å²) in [5.74, 6) is 0. The molecule has 0 saturated carbocycles. The fourth-order valence-corrected chi connectivity index (χ4v) is 12.0. The first kappa shape index (κ1) is 44.8. The maximum absolute atomic E-state index is 3.79. The van der Waals surface area contributed by atoms with Crippen molar-refractivity contribution < 1.29 is 0 Å². The Balaban J connectivity index is 0.846. The summed E-state index contributed by atoms with van der Waals surface area (Å²) >= 11 is 0. The number of para-hydroxylation sites is 4. The van der Waals surface area contributed by atoms with E-state index in [1.54, 1.807) is 11.1 Å². The molecule has 0 aliphatic heterocycles. The normalized spacial score (nSPS) is 12.9. The molecule has 10 aromatic rings. The Hall–Kier alpha value is -6.72. The molecule has 69 heavy (non-hydrogen) atoms. The van der Waals surface area contributed by atoms with Crippen molar-refractivity contribution in [3.05, 3.63) is 228 Å². The lowest BCUT2D eigenvalue weighted by Crippen LogP contribution is -2.26. The third-order valence-electron chi connectivity index (χ3n) is 15.3. The number of nitrogens with zero attached hydrogens (tertiary/aromatic N) is 2. The van der Waals surface area contributed by atoms with Gasteiger partial charge in [0.15, 0.2) is 0 Å². The predicted octanol–water partition coefficient (Wildman–Crippen LogP) is 16.0. The Bertz CT molecular complexity index is 2970. The van der Waals surface area contributed by atoms with Crippen molar-refractivity contribution in [2.24, 2.45) is 0 Å². The van der Waals surface area contributed by atoms with E-state index in [0.717, 1.165) is 39.3 Å². The van der Waals surface area contributed by atoms with E-state index >= 15 is 0 Å². The van der Waals surface area contributed by atoms with Crippen molar-refractivity contribution in [3.63, 3.8) is 0 Å². The number of rotatable bonds is 22. The molecule has 4 nitrogen and oxygen atoms in total. The van der Waals surface area contributed by atoms with Crippen LogP contribution in [-0.2, 0) is 44.7 Å². The number of fused-ring (bicyclic) bond motifs is 9. The van der Waals surface area contributed by atoms with Crippen molar-refractivity contribution in [1.29, 1.82) is 0 Å². The Labute approximate surface area is 409 Å². The number of aromatic nitrogens is 2. The van der Waals surface area contributed by atoms with Crippen LogP contribution in [0.4, 0.5) is 0 Å². The molecule has 2 heterocycles. The summed E-state index contributed by atoms with van der Waals surface area (Å²) in [6.07, 6.45) is 12.1. The summed E-state index contributed by atoms with van der Waals surface area (Å²) in [5.41, 5.74) is 16.8. The third kappa shape index (κ3) is 9.41. The largest absolute Gasteiger partial charge is 0.340 e. The van der Waals surface area contributed by atoms with Gasteiger partial charge in [-0.05, 0) is 94.5 Å². The number of hydrogen-bond donors (Lipinski definition) is 2. The molecular formula is C65H66N4. The maximum atomic E-state index is 3.79. The number of hydrogen-bond acceptors (Lipinski definition) is 2. The van der Waals surface area contributed by atoms with Gasteiger partial charge in [0.25, 0.3) is 0 Å². The Morgan fingerprint density at radius 1 is 0.304 bits per heavy atom. The molecule has 8 aromatic carbocycles. The summed E-state index contributed by atoms with van der Waals surface area (Å²) in [6.45, 7) is 5.55. The highest BCUT2D eigenvalue weighted by Gasteiger charge is 2.42. The number of benzene rings is 8. The van der Waals surface area contributed by atoms with Crippen molar-refractivity contribution in [3.8, 4) is 11.1 Å². The van der Waals surface area contributed by atoms with Crippen LogP contribution >= 0.6 is 0 Å². The molecule has 0 saturated heterocycles. The maximum Gasteiger partial charge on any atom is 0.0491 e. The van der Waals surface area contributed by atoms with Crippen LogP contribution in [0, 0.1) is 0 Å². The molecule has 2 aromatic heterocycles. The first-order valence-corrected chi connectivity index (χ1v) is 25.9. The molecule has 2 N–H and O–H groups in total. The van der Waals surface area contributed by atoms with Crippen LogP contribution in [0.15, 0.2) is 194 Å². The van der Waals surface area contributed by atoms with Crippen molar-refractivity contribution in [2.75, 3.05) is 0 Å². The fourth-order valence-electron chi connectivity index (χ4n) is 12.0. The summed E-state index contributed by atoms with van der Waals surface area (Å²) in [6, 6.07) is 72.3. The Morgan fingerprint density at radius 3 is 1.03 bits per heavy atom. The number of unbranched alkanes of at least 4 members (excludes halogenated alkanes) is 6. The third-order valence-corrected chi connectivity index (χ3v) is 15.3. The highest BCUT2D eigenvalue weighted by atomic mass is 15.0. The van der Waals surface area contributed by atoms with E-state index in [1.807, 2.05) is 0 Å². The average molecular weight is 903 g/mol. The predicted molar refractivity (Wildman–Crippen MR) is 292 cm³/mol. The lowest BCUT2D eigenvalue weighted by atomic mass is 9.70. The van der Waals surface area contributed by atoms with Gasteiger partial charge in [-0.3, -0.25) is 0 Å². The van der Waals surface area contributed by atoms with Gasteiger partial charge in [-0.25, -0.2) is 0 Å². The molecule has 1 aliphatic rings. The van der Waals surface area contributed by atoms with E-state index in [2.05, 4.69) is 214 Å². The van der Waals surface area contributed by atoms with E-state index < -0.39 is 0 Å². The zero-order valence-corrected chi connectivity index (χ0v) is 40.2. The van der Waals surface area contributed by atoms with Gasteiger partial charge in [0, 0.05) is 88.3 Å². The molecule has 0 unspecified atom stereocenters. The highest BCUT2D eigenvalue weighted by molar-refractivity contribution is 6.08. The van der Waals surface area contributed by atoms with Crippen LogP contribution in [0.5, 0.6) is 0 Å². The van der Waals surface area contributed by atoms with Gasteiger partial charge in [0.05, 0.1) is 0 Å². The fraction of sp³-hybridized carbons (Fsp3) is 0.262. The quantitative estimate of drug-likeness (QED) is 0.0665. The minimum absolute atomic E-state index is 0.0325. The van der Waals surface area contributed by atoms with Gasteiger partial charge < -0.3 is 19.8 Å². The molecule has 346 valence electrons. The Kier molecular flexibility index (Phi) is 13.5. The minimum Gasteiger partial charge on any atom is -0.340 e. The molecule has 0 radical (unpaired) electrons. The lowest BCUT2D eigenvalue weighted by molar-refractivity contribution is 0.396. The van der Waals surface area contributed by atoms with Crippen molar-refractivity contribution in [2.45, 2.75) is 109 Å². The second-order valence-electron chi connectivity index (χ2n) is 19.7. The van der Waals surface area contributed by atoms with Crippen molar-refractivity contribution in [1.82, 2.24) is 19.8 Å². The molecular weight excluding hydrogens is 837 g/mol. The van der Waals surface area contributed by atoms with E-state index in [1.165, 1.54) is 141 Å². The molecule has 0 bridgehead atoms. The van der Waals surface area contributed by atoms with Gasteiger partial charge in [-0.2, -0.15) is 0 Å². The van der Waals surface area contributed by atoms with Gasteiger partial charge in [0.2, 0.25) is 0 Å². The van der Waals surface area contributed by atoms with E-state index in [-0.39, 0.29) is 5.41 Å².